The van der Waals surface area contributed by atoms with Crippen LogP contribution in [-0.2, 0) is 12.8 Å². The molecule has 0 spiro atoms. The second kappa shape index (κ2) is 7.15. The van der Waals surface area contributed by atoms with Crippen LogP contribution in [0.3, 0.4) is 0 Å². The van der Waals surface area contributed by atoms with Gasteiger partial charge in [0.1, 0.15) is 11.6 Å². The van der Waals surface area contributed by atoms with Crippen LogP contribution in [0.4, 0.5) is 8.78 Å². The number of hydrogen-bond donors (Lipinski definition) is 1. The minimum Gasteiger partial charge on any atom is -0.393 e. The van der Waals surface area contributed by atoms with E-state index in [1.807, 2.05) is 30.3 Å². The number of halogens is 2. The third-order valence-corrected chi connectivity index (χ3v) is 3.31. The van der Waals surface area contributed by atoms with Gasteiger partial charge < -0.3 is 5.11 Å². The predicted octanol–water partition coefficient (Wildman–Crippen LogP) is 3.89. The van der Waals surface area contributed by atoms with Gasteiger partial charge >= 0.3 is 0 Å². The van der Waals surface area contributed by atoms with Crippen molar-refractivity contribution in [1.29, 1.82) is 0 Å². The van der Waals surface area contributed by atoms with Crippen LogP contribution >= 0.6 is 0 Å². The third kappa shape index (κ3) is 4.42. The lowest BCUT2D eigenvalue weighted by Crippen LogP contribution is -2.12. The highest BCUT2D eigenvalue weighted by Crippen LogP contribution is 2.15. The number of benzene rings is 2. The highest BCUT2D eigenvalue weighted by molar-refractivity contribution is 5.19. The summed E-state index contributed by atoms with van der Waals surface area (Å²) in [5.41, 5.74) is 1.45. The Morgan fingerprint density at radius 1 is 1.00 bits per heavy atom. The lowest BCUT2D eigenvalue weighted by atomic mass is 10.0. The molecular formula is C17H18F2O. The van der Waals surface area contributed by atoms with Crippen molar-refractivity contribution in [1.82, 2.24) is 0 Å². The van der Waals surface area contributed by atoms with Gasteiger partial charge in [0, 0.05) is 6.42 Å². The standard InChI is InChI=1S/C17H18F2O/c18-15-9-10-17(19)14(11-15)12-16(20)8-4-7-13-5-2-1-3-6-13/h1-3,5-6,9-11,16,20H,4,7-8,12H2. The lowest BCUT2D eigenvalue weighted by molar-refractivity contribution is 0.161. The van der Waals surface area contributed by atoms with Crippen molar-refractivity contribution in [2.24, 2.45) is 0 Å². The number of aryl methyl sites for hydroxylation is 1. The van der Waals surface area contributed by atoms with E-state index < -0.39 is 17.7 Å². The monoisotopic (exact) mass is 276 g/mol. The molecule has 0 saturated carbocycles. The summed E-state index contributed by atoms with van der Waals surface area (Å²) < 4.78 is 26.5. The van der Waals surface area contributed by atoms with E-state index in [0.29, 0.717) is 6.42 Å². The highest BCUT2D eigenvalue weighted by atomic mass is 19.1. The van der Waals surface area contributed by atoms with Gasteiger partial charge in [-0.2, -0.15) is 0 Å². The van der Waals surface area contributed by atoms with E-state index in [4.69, 9.17) is 0 Å². The Balaban J connectivity index is 1.80. The summed E-state index contributed by atoms with van der Waals surface area (Å²) >= 11 is 0. The smallest absolute Gasteiger partial charge is 0.126 e. The fourth-order valence-electron chi connectivity index (χ4n) is 2.24. The largest absolute Gasteiger partial charge is 0.393 e. The van der Waals surface area contributed by atoms with Gasteiger partial charge in [0.2, 0.25) is 0 Å². The summed E-state index contributed by atoms with van der Waals surface area (Å²) in [4.78, 5) is 0. The van der Waals surface area contributed by atoms with Gasteiger partial charge in [-0.05, 0) is 48.6 Å². The van der Waals surface area contributed by atoms with Gasteiger partial charge in [0.15, 0.2) is 0 Å². The van der Waals surface area contributed by atoms with Gasteiger partial charge in [-0.3, -0.25) is 0 Å². The Labute approximate surface area is 117 Å². The Bertz CT molecular complexity index is 540. The van der Waals surface area contributed by atoms with Crippen LogP contribution < -0.4 is 0 Å². The van der Waals surface area contributed by atoms with E-state index in [1.54, 1.807) is 0 Å². The molecule has 2 rings (SSSR count). The molecular weight excluding hydrogens is 258 g/mol. The maximum absolute atomic E-state index is 13.4. The summed E-state index contributed by atoms with van der Waals surface area (Å²) in [6.07, 6.45) is 1.78. The molecule has 0 aliphatic heterocycles. The van der Waals surface area contributed by atoms with Gasteiger partial charge in [-0.1, -0.05) is 30.3 Å². The number of rotatable bonds is 6. The van der Waals surface area contributed by atoms with Gasteiger partial charge in [-0.25, -0.2) is 8.78 Å². The Morgan fingerprint density at radius 2 is 1.75 bits per heavy atom. The normalized spacial score (nSPS) is 12.3. The molecule has 2 aromatic carbocycles. The minimum atomic E-state index is -0.644. The first kappa shape index (κ1) is 14.7. The molecule has 1 N–H and O–H groups in total. The molecule has 0 amide bonds. The molecule has 0 bridgehead atoms. The number of aliphatic hydroxyl groups is 1. The maximum atomic E-state index is 13.4. The fraction of sp³-hybridized carbons (Fsp3) is 0.294. The van der Waals surface area contributed by atoms with Gasteiger partial charge in [0.25, 0.3) is 0 Å². The zero-order valence-corrected chi connectivity index (χ0v) is 11.2. The van der Waals surface area contributed by atoms with Crippen molar-refractivity contribution in [2.45, 2.75) is 31.8 Å². The van der Waals surface area contributed by atoms with Crippen molar-refractivity contribution in [3.8, 4) is 0 Å². The quantitative estimate of drug-likeness (QED) is 0.848. The SMILES string of the molecule is OC(CCCc1ccccc1)Cc1cc(F)ccc1F. The zero-order chi connectivity index (χ0) is 14.4. The van der Waals surface area contributed by atoms with Crippen molar-refractivity contribution < 1.29 is 13.9 Å². The number of aliphatic hydroxyl groups excluding tert-OH is 1. The molecule has 1 atom stereocenters. The average Bonchev–Trinajstić information content (AvgIpc) is 2.44. The average molecular weight is 276 g/mol. The van der Waals surface area contributed by atoms with Crippen molar-refractivity contribution in [2.75, 3.05) is 0 Å². The molecule has 3 heteroatoms. The van der Waals surface area contributed by atoms with Crippen LogP contribution in [0, 0.1) is 11.6 Å². The number of hydrogen-bond acceptors (Lipinski definition) is 1. The summed E-state index contributed by atoms with van der Waals surface area (Å²) in [7, 11) is 0. The van der Waals surface area contributed by atoms with Gasteiger partial charge in [0.05, 0.1) is 6.10 Å². The van der Waals surface area contributed by atoms with Crippen molar-refractivity contribution >= 4 is 0 Å². The highest BCUT2D eigenvalue weighted by Gasteiger charge is 2.10. The zero-order valence-electron chi connectivity index (χ0n) is 11.2. The van der Waals surface area contributed by atoms with Crippen molar-refractivity contribution in [3.05, 3.63) is 71.3 Å². The second-order valence-corrected chi connectivity index (χ2v) is 4.97. The van der Waals surface area contributed by atoms with E-state index in [2.05, 4.69) is 0 Å². The Kier molecular flexibility index (Phi) is 5.24. The van der Waals surface area contributed by atoms with E-state index in [1.165, 1.54) is 5.56 Å². The molecule has 1 nitrogen and oxygen atoms in total. The molecule has 0 heterocycles. The van der Waals surface area contributed by atoms with Gasteiger partial charge in [-0.15, -0.1) is 0 Å². The van der Waals surface area contributed by atoms with Crippen LogP contribution in [0.1, 0.15) is 24.0 Å². The van der Waals surface area contributed by atoms with Crippen LogP contribution in [0.5, 0.6) is 0 Å². The topological polar surface area (TPSA) is 20.2 Å². The predicted molar refractivity (Wildman–Crippen MR) is 75.4 cm³/mol. The van der Waals surface area contributed by atoms with Crippen LogP contribution in [0.15, 0.2) is 48.5 Å². The molecule has 1 unspecified atom stereocenters. The molecule has 0 radical (unpaired) electrons. The van der Waals surface area contributed by atoms with Crippen LogP contribution in [0.2, 0.25) is 0 Å². The summed E-state index contributed by atoms with van der Waals surface area (Å²) in [6, 6.07) is 13.3. The summed E-state index contributed by atoms with van der Waals surface area (Å²) in [5.74, 6) is -0.939. The molecule has 0 aliphatic carbocycles. The Morgan fingerprint density at radius 3 is 2.50 bits per heavy atom. The van der Waals surface area contributed by atoms with Crippen LogP contribution in [0.25, 0.3) is 0 Å². The first-order valence-electron chi connectivity index (χ1n) is 6.81. The first-order chi connectivity index (χ1) is 9.65. The van der Waals surface area contributed by atoms with Crippen molar-refractivity contribution in [3.63, 3.8) is 0 Å². The molecule has 106 valence electrons. The summed E-state index contributed by atoms with van der Waals surface area (Å²) in [6.45, 7) is 0. The summed E-state index contributed by atoms with van der Waals surface area (Å²) in [5, 5.41) is 9.91. The lowest BCUT2D eigenvalue weighted by Gasteiger charge is -2.11. The third-order valence-electron chi connectivity index (χ3n) is 3.31. The molecule has 0 aromatic heterocycles. The van der Waals surface area contributed by atoms with E-state index in [9.17, 15) is 13.9 Å². The minimum absolute atomic E-state index is 0.151. The maximum Gasteiger partial charge on any atom is 0.126 e. The van der Waals surface area contributed by atoms with E-state index in [0.717, 1.165) is 31.0 Å². The van der Waals surface area contributed by atoms with E-state index in [-0.39, 0.29) is 12.0 Å². The molecule has 20 heavy (non-hydrogen) atoms. The molecule has 0 fully saturated rings. The second-order valence-electron chi connectivity index (χ2n) is 4.97. The first-order valence-corrected chi connectivity index (χ1v) is 6.81. The molecule has 0 aliphatic rings. The fourth-order valence-corrected chi connectivity index (χ4v) is 2.24. The molecule has 0 saturated heterocycles. The van der Waals surface area contributed by atoms with Crippen LogP contribution in [-0.4, -0.2) is 11.2 Å². The molecule has 2 aromatic rings. The Hall–Kier alpha value is -1.74. The van der Waals surface area contributed by atoms with E-state index >= 15 is 0 Å².